The summed E-state index contributed by atoms with van der Waals surface area (Å²) in [7, 11) is 0. The summed E-state index contributed by atoms with van der Waals surface area (Å²) in [6, 6.07) is 0. The van der Waals surface area contributed by atoms with Gasteiger partial charge in [0.2, 0.25) is 0 Å². The Labute approximate surface area is 80.6 Å². The Bertz CT molecular complexity index is 192. The Morgan fingerprint density at radius 2 is 2.31 bits per heavy atom. The van der Waals surface area contributed by atoms with Gasteiger partial charge in [0, 0.05) is 0 Å². The van der Waals surface area contributed by atoms with Gasteiger partial charge in [-0.25, -0.2) is 0 Å². The van der Waals surface area contributed by atoms with E-state index in [0.29, 0.717) is 5.92 Å². The lowest BCUT2D eigenvalue weighted by Crippen LogP contribution is -2.31. The number of rotatable bonds is 3. The van der Waals surface area contributed by atoms with Crippen LogP contribution in [0, 0.1) is 5.92 Å². The summed E-state index contributed by atoms with van der Waals surface area (Å²) < 4.78 is 5.45. The summed E-state index contributed by atoms with van der Waals surface area (Å²) in [4.78, 5) is 0. The molecule has 2 nitrogen and oxygen atoms in total. The van der Waals surface area contributed by atoms with E-state index in [0.717, 1.165) is 31.6 Å². The standard InChI is InChI=1S/C11H20O2/c1-9(2)8-11(3,12)10-6-4-5-7-13-10/h6,9,12H,4-5,7-8H2,1-3H3. The average Bonchev–Trinajstić information content (AvgIpc) is 2.04. The van der Waals surface area contributed by atoms with Gasteiger partial charge < -0.3 is 9.84 Å². The van der Waals surface area contributed by atoms with Gasteiger partial charge in [0.15, 0.2) is 0 Å². The molecule has 1 atom stereocenters. The maximum Gasteiger partial charge on any atom is 0.123 e. The van der Waals surface area contributed by atoms with E-state index in [4.69, 9.17) is 4.74 Å². The highest BCUT2D eigenvalue weighted by atomic mass is 16.5. The fraction of sp³-hybridized carbons (Fsp3) is 0.818. The third-order valence-corrected chi connectivity index (χ3v) is 2.27. The highest BCUT2D eigenvalue weighted by Crippen LogP contribution is 2.28. The maximum absolute atomic E-state index is 10.1. The summed E-state index contributed by atoms with van der Waals surface area (Å²) >= 11 is 0. The number of allylic oxidation sites excluding steroid dienone is 1. The lowest BCUT2D eigenvalue weighted by Gasteiger charge is -2.30. The predicted octanol–water partition coefficient (Wildman–Crippen LogP) is 2.48. The Kier molecular flexibility index (Phi) is 3.37. The molecule has 76 valence electrons. The van der Waals surface area contributed by atoms with Crippen molar-refractivity contribution in [1.82, 2.24) is 0 Å². The molecule has 1 unspecified atom stereocenters. The van der Waals surface area contributed by atoms with Gasteiger partial charge >= 0.3 is 0 Å². The second-order valence-electron chi connectivity index (χ2n) is 4.43. The van der Waals surface area contributed by atoms with E-state index in [9.17, 15) is 5.11 Å². The first-order chi connectivity index (χ1) is 6.02. The molecule has 0 amide bonds. The van der Waals surface area contributed by atoms with Gasteiger partial charge in [-0.1, -0.05) is 13.8 Å². The summed E-state index contributed by atoms with van der Waals surface area (Å²) in [5.74, 6) is 1.26. The minimum absolute atomic E-state index is 0.487. The topological polar surface area (TPSA) is 29.5 Å². The highest BCUT2D eigenvalue weighted by Gasteiger charge is 2.29. The first kappa shape index (κ1) is 10.6. The third kappa shape index (κ3) is 3.03. The zero-order valence-corrected chi connectivity index (χ0v) is 8.84. The molecule has 1 N–H and O–H groups in total. The zero-order chi connectivity index (χ0) is 9.90. The second-order valence-corrected chi connectivity index (χ2v) is 4.43. The van der Waals surface area contributed by atoms with Crippen molar-refractivity contribution in [3.05, 3.63) is 11.8 Å². The summed E-state index contributed by atoms with van der Waals surface area (Å²) in [5, 5.41) is 10.1. The van der Waals surface area contributed by atoms with E-state index < -0.39 is 5.60 Å². The Morgan fingerprint density at radius 3 is 2.77 bits per heavy atom. The smallest absolute Gasteiger partial charge is 0.123 e. The van der Waals surface area contributed by atoms with Crippen LogP contribution in [0.1, 0.15) is 40.0 Å². The summed E-state index contributed by atoms with van der Waals surface area (Å²) in [6.07, 6.45) is 4.88. The molecule has 0 fully saturated rings. The SMILES string of the molecule is CC(C)CC(C)(O)C1=CCCCO1. The van der Waals surface area contributed by atoms with Crippen molar-refractivity contribution in [2.24, 2.45) is 5.92 Å². The molecule has 1 rings (SSSR count). The Morgan fingerprint density at radius 1 is 1.62 bits per heavy atom. The molecule has 0 aromatic heterocycles. The van der Waals surface area contributed by atoms with E-state index >= 15 is 0 Å². The molecule has 0 saturated carbocycles. The maximum atomic E-state index is 10.1. The van der Waals surface area contributed by atoms with Gasteiger partial charge in [-0.2, -0.15) is 0 Å². The van der Waals surface area contributed by atoms with Crippen LogP contribution in [0.5, 0.6) is 0 Å². The van der Waals surface area contributed by atoms with Crippen LogP contribution in [-0.4, -0.2) is 17.3 Å². The monoisotopic (exact) mass is 184 g/mol. The van der Waals surface area contributed by atoms with Gasteiger partial charge in [0.1, 0.15) is 11.4 Å². The molecule has 0 aromatic carbocycles. The van der Waals surface area contributed by atoms with Crippen molar-refractivity contribution in [1.29, 1.82) is 0 Å². The fourth-order valence-corrected chi connectivity index (χ4v) is 1.83. The predicted molar refractivity (Wildman–Crippen MR) is 53.3 cm³/mol. The lowest BCUT2D eigenvalue weighted by atomic mass is 9.91. The summed E-state index contributed by atoms with van der Waals surface area (Å²) in [5.41, 5.74) is -0.769. The lowest BCUT2D eigenvalue weighted by molar-refractivity contribution is 0.00359. The number of hydrogen-bond acceptors (Lipinski definition) is 2. The number of aliphatic hydroxyl groups is 1. The average molecular weight is 184 g/mol. The quantitative estimate of drug-likeness (QED) is 0.730. The number of hydrogen-bond donors (Lipinski definition) is 1. The molecule has 0 aliphatic carbocycles. The van der Waals surface area contributed by atoms with Crippen LogP contribution in [0.3, 0.4) is 0 Å². The van der Waals surface area contributed by atoms with Crippen LogP contribution < -0.4 is 0 Å². The molecule has 1 heterocycles. The normalized spacial score (nSPS) is 22.1. The fourth-order valence-electron chi connectivity index (χ4n) is 1.83. The molecular weight excluding hydrogens is 164 g/mol. The highest BCUT2D eigenvalue weighted by molar-refractivity contribution is 5.09. The van der Waals surface area contributed by atoms with Crippen LogP contribution in [-0.2, 0) is 4.74 Å². The molecule has 0 bridgehead atoms. The Balaban J connectivity index is 2.61. The molecule has 2 heteroatoms. The Hall–Kier alpha value is -0.500. The van der Waals surface area contributed by atoms with E-state index in [2.05, 4.69) is 13.8 Å². The minimum Gasteiger partial charge on any atom is -0.495 e. The van der Waals surface area contributed by atoms with Gasteiger partial charge in [-0.15, -0.1) is 0 Å². The van der Waals surface area contributed by atoms with Gasteiger partial charge in [-0.05, 0) is 38.2 Å². The van der Waals surface area contributed by atoms with Crippen molar-refractivity contribution in [2.75, 3.05) is 6.61 Å². The molecule has 13 heavy (non-hydrogen) atoms. The largest absolute Gasteiger partial charge is 0.495 e. The summed E-state index contributed by atoms with van der Waals surface area (Å²) in [6.45, 7) is 6.81. The molecular formula is C11H20O2. The zero-order valence-electron chi connectivity index (χ0n) is 8.84. The minimum atomic E-state index is -0.769. The van der Waals surface area contributed by atoms with E-state index in [1.807, 2.05) is 13.0 Å². The number of ether oxygens (including phenoxy) is 1. The van der Waals surface area contributed by atoms with Gasteiger partial charge in [-0.3, -0.25) is 0 Å². The van der Waals surface area contributed by atoms with Crippen molar-refractivity contribution >= 4 is 0 Å². The van der Waals surface area contributed by atoms with Gasteiger partial charge in [0.05, 0.1) is 6.61 Å². The molecule has 0 spiro atoms. The van der Waals surface area contributed by atoms with E-state index in [-0.39, 0.29) is 0 Å². The van der Waals surface area contributed by atoms with E-state index in [1.54, 1.807) is 0 Å². The first-order valence-corrected chi connectivity index (χ1v) is 5.08. The van der Waals surface area contributed by atoms with Crippen molar-refractivity contribution in [3.63, 3.8) is 0 Å². The third-order valence-electron chi connectivity index (χ3n) is 2.27. The molecule has 1 aliphatic rings. The molecule has 0 aromatic rings. The van der Waals surface area contributed by atoms with Crippen molar-refractivity contribution in [2.45, 2.75) is 45.6 Å². The van der Waals surface area contributed by atoms with Crippen molar-refractivity contribution < 1.29 is 9.84 Å². The van der Waals surface area contributed by atoms with Gasteiger partial charge in [0.25, 0.3) is 0 Å². The first-order valence-electron chi connectivity index (χ1n) is 5.08. The van der Waals surface area contributed by atoms with Crippen molar-refractivity contribution in [3.8, 4) is 0 Å². The van der Waals surface area contributed by atoms with Crippen LogP contribution >= 0.6 is 0 Å². The van der Waals surface area contributed by atoms with Crippen LogP contribution in [0.15, 0.2) is 11.8 Å². The second kappa shape index (κ2) is 4.14. The molecule has 0 saturated heterocycles. The van der Waals surface area contributed by atoms with E-state index in [1.165, 1.54) is 0 Å². The molecule has 1 aliphatic heterocycles. The molecule has 0 radical (unpaired) electrons. The van der Waals surface area contributed by atoms with Crippen LogP contribution in [0.4, 0.5) is 0 Å². The van der Waals surface area contributed by atoms with Crippen LogP contribution in [0.2, 0.25) is 0 Å². The van der Waals surface area contributed by atoms with Crippen LogP contribution in [0.25, 0.3) is 0 Å².